The Labute approximate surface area is 97.6 Å². The molecule has 0 saturated heterocycles. The van der Waals surface area contributed by atoms with Gasteiger partial charge in [-0.3, -0.25) is 0 Å². The highest BCUT2D eigenvalue weighted by atomic mass is 32.2. The minimum absolute atomic E-state index is 0.0845. The van der Waals surface area contributed by atoms with E-state index in [4.69, 9.17) is 5.73 Å². The Bertz CT molecular complexity index is 664. The van der Waals surface area contributed by atoms with E-state index in [-0.39, 0.29) is 10.6 Å². The van der Waals surface area contributed by atoms with Crippen molar-refractivity contribution in [1.29, 1.82) is 0 Å². The fourth-order valence-corrected chi connectivity index (χ4v) is 1.89. The van der Waals surface area contributed by atoms with Crippen LogP contribution in [-0.2, 0) is 9.84 Å². The maximum atomic E-state index is 12.9. The van der Waals surface area contributed by atoms with Crippen LogP contribution in [0.5, 0.6) is 0 Å². The van der Waals surface area contributed by atoms with Gasteiger partial charge in [0.1, 0.15) is 10.7 Å². The molecule has 0 unspecified atom stereocenters. The molecule has 0 amide bonds. The van der Waals surface area contributed by atoms with Crippen LogP contribution >= 0.6 is 0 Å². The maximum Gasteiger partial charge on any atom is 0.178 e. The molecule has 0 spiro atoms. The molecule has 1 aromatic carbocycles. The second kappa shape index (κ2) is 3.85. The number of hydrogen-bond donors (Lipinski definition) is 1. The molecular formula is C10H10FN3O2S. The highest BCUT2D eigenvalue weighted by Gasteiger charge is 2.12. The van der Waals surface area contributed by atoms with E-state index in [1.165, 1.54) is 29.2 Å². The van der Waals surface area contributed by atoms with Crippen molar-refractivity contribution in [2.45, 2.75) is 4.90 Å². The lowest BCUT2D eigenvalue weighted by molar-refractivity contribution is 0.602. The average Bonchev–Trinajstić information content (AvgIpc) is 2.65. The first kappa shape index (κ1) is 11.6. The summed E-state index contributed by atoms with van der Waals surface area (Å²) in [6.07, 6.45) is 3.64. The number of benzene rings is 1. The second-order valence-corrected chi connectivity index (χ2v) is 5.61. The SMILES string of the molecule is CS(=O)(=O)c1cnn(-c2ccc(F)cc2N)c1. The van der Waals surface area contributed by atoms with Crippen LogP contribution in [0, 0.1) is 5.82 Å². The molecule has 17 heavy (non-hydrogen) atoms. The first-order valence-electron chi connectivity index (χ1n) is 4.68. The van der Waals surface area contributed by atoms with Gasteiger partial charge in [-0.25, -0.2) is 17.5 Å². The lowest BCUT2D eigenvalue weighted by Crippen LogP contribution is -2.01. The van der Waals surface area contributed by atoms with E-state index in [9.17, 15) is 12.8 Å². The fourth-order valence-electron chi connectivity index (χ4n) is 1.36. The van der Waals surface area contributed by atoms with Crippen LogP contribution in [0.4, 0.5) is 10.1 Å². The van der Waals surface area contributed by atoms with E-state index in [0.717, 1.165) is 12.3 Å². The van der Waals surface area contributed by atoms with Gasteiger partial charge in [0, 0.05) is 12.5 Å². The molecule has 1 aromatic heterocycles. The molecule has 0 aliphatic heterocycles. The number of nitrogen functional groups attached to an aromatic ring is 1. The molecule has 0 bridgehead atoms. The predicted octanol–water partition coefficient (Wildman–Crippen LogP) is 0.997. The van der Waals surface area contributed by atoms with Gasteiger partial charge in [-0.2, -0.15) is 5.10 Å². The fraction of sp³-hybridized carbons (Fsp3) is 0.100. The van der Waals surface area contributed by atoms with Crippen LogP contribution in [0.3, 0.4) is 0 Å². The van der Waals surface area contributed by atoms with Crippen molar-refractivity contribution in [2.75, 3.05) is 12.0 Å². The number of nitrogens with two attached hydrogens (primary N) is 1. The Hall–Kier alpha value is -1.89. The van der Waals surface area contributed by atoms with Crippen molar-refractivity contribution < 1.29 is 12.8 Å². The Balaban J connectivity index is 2.51. The number of aromatic nitrogens is 2. The summed E-state index contributed by atoms with van der Waals surface area (Å²) in [6, 6.07) is 3.81. The van der Waals surface area contributed by atoms with Crippen LogP contribution in [0.15, 0.2) is 35.5 Å². The summed E-state index contributed by atoms with van der Waals surface area (Å²) in [5.74, 6) is -0.457. The molecule has 0 radical (unpaired) electrons. The molecule has 0 saturated carbocycles. The van der Waals surface area contributed by atoms with Gasteiger partial charge in [-0.1, -0.05) is 0 Å². The Morgan fingerprint density at radius 1 is 1.41 bits per heavy atom. The Morgan fingerprint density at radius 2 is 2.12 bits per heavy atom. The van der Waals surface area contributed by atoms with Crippen LogP contribution in [0.25, 0.3) is 5.69 Å². The van der Waals surface area contributed by atoms with Gasteiger partial charge in [0.25, 0.3) is 0 Å². The molecule has 5 nitrogen and oxygen atoms in total. The van der Waals surface area contributed by atoms with Crippen LogP contribution < -0.4 is 5.73 Å². The monoisotopic (exact) mass is 255 g/mol. The minimum atomic E-state index is -3.31. The molecule has 2 N–H and O–H groups in total. The topological polar surface area (TPSA) is 78.0 Å². The first-order valence-corrected chi connectivity index (χ1v) is 6.57. The molecule has 90 valence electrons. The van der Waals surface area contributed by atoms with Crippen LogP contribution in [0.1, 0.15) is 0 Å². The van der Waals surface area contributed by atoms with Gasteiger partial charge in [0.15, 0.2) is 9.84 Å². The lowest BCUT2D eigenvalue weighted by Gasteiger charge is -2.04. The molecule has 7 heteroatoms. The zero-order chi connectivity index (χ0) is 12.6. The van der Waals surface area contributed by atoms with Crippen molar-refractivity contribution >= 4 is 15.5 Å². The molecule has 1 heterocycles. The Morgan fingerprint density at radius 3 is 2.65 bits per heavy atom. The number of nitrogens with zero attached hydrogens (tertiary/aromatic N) is 2. The van der Waals surface area contributed by atoms with Crippen molar-refractivity contribution in [1.82, 2.24) is 9.78 Å². The van der Waals surface area contributed by atoms with Gasteiger partial charge in [0.05, 0.1) is 17.6 Å². The molecular weight excluding hydrogens is 245 g/mol. The van der Waals surface area contributed by atoms with Gasteiger partial charge >= 0.3 is 0 Å². The van der Waals surface area contributed by atoms with Gasteiger partial charge < -0.3 is 5.73 Å². The number of rotatable bonds is 2. The van der Waals surface area contributed by atoms with E-state index < -0.39 is 15.7 Å². The van der Waals surface area contributed by atoms with Crippen molar-refractivity contribution in [3.05, 3.63) is 36.4 Å². The largest absolute Gasteiger partial charge is 0.397 e. The second-order valence-electron chi connectivity index (χ2n) is 3.60. The maximum absolute atomic E-state index is 12.9. The molecule has 0 aliphatic carbocycles. The third-order valence-corrected chi connectivity index (χ3v) is 3.29. The summed E-state index contributed by atoms with van der Waals surface area (Å²) >= 11 is 0. The number of hydrogen-bond acceptors (Lipinski definition) is 4. The number of sulfone groups is 1. The predicted molar refractivity (Wildman–Crippen MR) is 61.0 cm³/mol. The average molecular weight is 255 g/mol. The highest BCUT2D eigenvalue weighted by molar-refractivity contribution is 7.90. The van der Waals surface area contributed by atoms with Crippen molar-refractivity contribution in [3.8, 4) is 5.69 Å². The van der Waals surface area contributed by atoms with Crippen LogP contribution in [-0.4, -0.2) is 24.5 Å². The minimum Gasteiger partial charge on any atom is -0.397 e. The number of halogens is 1. The third kappa shape index (κ3) is 2.28. The third-order valence-electron chi connectivity index (χ3n) is 2.22. The lowest BCUT2D eigenvalue weighted by atomic mass is 10.2. The summed E-state index contributed by atoms with van der Waals surface area (Å²) in [7, 11) is -3.31. The standard InChI is InChI=1S/C10H10FN3O2S/c1-17(15,16)8-5-13-14(6-8)10-3-2-7(11)4-9(10)12/h2-6H,12H2,1H3. The van der Waals surface area contributed by atoms with Crippen LogP contribution in [0.2, 0.25) is 0 Å². The van der Waals surface area contributed by atoms with Gasteiger partial charge in [-0.15, -0.1) is 0 Å². The van der Waals surface area contributed by atoms with E-state index in [1.807, 2.05) is 0 Å². The molecule has 2 aromatic rings. The smallest absolute Gasteiger partial charge is 0.178 e. The quantitative estimate of drug-likeness (QED) is 0.812. The van der Waals surface area contributed by atoms with E-state index in [1.54, 1.807) is 0 Å². The van der Waals surface area contributed by atoms with E-state index in [0.29, 0.717) is 5.69 Å². The van der Waals surface area contributed by atoms with Crippen molar-refractivity contribution in [3.63, 3.8) is 0 Å². The van der Waals surface area contributed by atoms with E-state index >= 15 is 0 Å². The molecule has 2 rings (SSSR count). The highest BCUT2D eigenvalue weighted by Crippen LogP contribution is 2.19. The summed E-state index contributed by atoms with van der Waals surface area (Å²) in [5, 5.41) is 3.88. The van der Waals surface area contributed by atoms with Gasteiger partial charge in [-0.05, 0) is 18.2 Å². The Kier molecular flexibility index (Phi) is 2.62. The first-order chi connectivity index (χ1) is 7.88. The summed E-state index contributed by atoms with van der Waals surface area (Å²) in [5.41, 5.74) is 6.24. The van der Waals surface area contributed by atoms with E-state index in [2.05, 4.69) is 5.10 Å². The normalized spacial score (nSPS) is 11.6. The van der Waals surface area contributed by atoms with Crippen molar-refractivity contribution in [2.24, 2.45) is 0 Å². The zero-order valence-electron chi connectivity index (χ0n) is 8.96. The molecule has 0 aliphatic rings. The molecule has 0 atom stereocenters. The summed E-state index contributed by atoms with van der Waals surface area (Å²) < 4.78 is 36.7. The zero-order valence-corrected chi connectivity index (χ0v) is 9.78. The van der Waals surface area contributed by atoms with Gasteiger partial charge in [0.2, 0.25) is 0 Å². The number of anilines is 1. The molecule has 0 fully saturated rings. The summed E-state index contributed by atoms with van der Waals surface area (Å²) in [4.78, 5) is 0.0845. The summed E-state index contributed by atoms with van der Waals surface area (Å²) in [6.45, 7) is 0.